The molecule has 4 rings (SSSR count). The fourth-order valence-corrected chi connectivity index (χ4v) is 2.66. The molecule has 4 aromatic rings. The van der Waals surface area contributed by atoms with Gasteiger partial charge in [0.1, 0.15) is 11.5 Å². The lowest BCUT2D eigenvalue weighted by molar-refractivity contribution is 0.537. The molecule has 5 heteroatoms. The van der Waals surface area contributed by atoms with Crippen molar-refractivity contribution in [2.75, 3.05) is 0 Å². The van der Waals surface area contributed by atoms with E-state index < -0.39 is 0 Å². The summed E-state index contributed by atoms with van der Waals surface area (Å²) in [5.41, 5.74) is 2.26. The minimum Gasteiger partial charge on any atom is -0.441 e. The van der Waals surface area contributed by atoms with Gasteiger partial charge in [0.25, 0.3) is 5.56 Å². The summed E-state index contributed by atoms with van der Waals surface area (Å²) in [4.78, 5) is 21.5. The molecule has 0 saturated heterocycles. The highest BCUT2D eigenvalue weighted by Gasteiger charge is 2.13. The minimum absolute atomic E-state index is 0.0794. The number of rotatable bonds is 3. The molecule has 0 aliphatic heterocycles. The van der Waals surface area contributed by atoms with Crippen molar-refractivity contribution in [1.29, 1.82) is 0 Å². The Hall–Kier alpha value is -3.21. The van der Waals surface area contributed by atoms with Crippen molar-refractivity contribution < 1.29 is 4.42 Å². The maximum Gasteiger partial charge on any atom is 0.261 e. The van der Waals surface area contributed by atoms with Crippen molar-refractivity contribution >= 4 is 10.9 Å². The number of aryl methyl sites for hydroxylation is 1. The van der Waals surface area contributed by atoms with Gasteiger partial charge in [-0.1, -0.05) is 30.3 Å². The normalized spacial score (nSPS) is 11.0. The van der Waals surface area contributed by atoms with E-state index in [9.17, 15) is 4.79 Å². The molecule has 0 atom stereocenters. The van der Waals surface area contributed by atoms with Crippen LogP contribution in [-0.4, -0.2) is 14.5 Å². The highest BCUT2D eigenvalue weighted by molar-refractivity contribution is 5.76. The van der Waals surface area contributed by atoms with Gasteiger partial charge in [0.15, 0.2) is 0 Å². The van der Waals surface area contributed by atoms with Gasteiger partial charge in [-0.05, 0) is 31.2 Å². The molecule has 2 heterocycles. The third-order valence-corrected chi connectivity index (χ3v) is 3.97. The lowest BCUT2D eigenvalue weighted by atomic mass is 10.2. The first kappa shape index (κ1) is 14.4. The lowest BCUT2D eigenvalue weighted by Gasteiger charge is -2.04. The van der Waals surface area contributed by atoms with E-state index in [1.54, 1.807) is 17.0 Å². The average molecular weight is 317 g/mol. The molecule has 0 unspecified atom stereocenters. The van der Waals surface area contributed by atoms with E-state index in [0.29, 0.717) is 29.1 Å². The Balaban J connectivity index is 1.73. The lowest BCUT2D eigenvalue weighted by Crippen LogP contribution is -2.21. The van der Waals surface area contributed by atoms with Crippen molar-refractivity contribution in [3.8, 4) is 11.5 Å². The van der Waals surface area contributed by atoms with Gasteiger partial charge in [0.2, 0.25) is 5.89 Å². The van der Waals surface area contributed by atoms with Crippen molar-refractivity contribution in [2.45, 2.75) is 13.5 Å². The highest BCUT2D eigenvalue weighted by Crippen LogP contribution is 2.21. The summed E-state index contributed by atoms with van der Waals surface area (Å²) < 4.78 is 7.31. The van der Waals surface area contributed by atoms with Crippen LogP contribution >= 0.6 is 0 Å². The molecule has 0 amide bonds. The van der Waals surface area contributed by atoms with E-state index in [1.165, 1.54) is 0 Å². The molecule has 0 radical (unpaired) electrons. The largest absolute Gasteiger partial charge is 0.441 e. The summed E-state index contributed by atoms with van der Waals surface area (Å²) in [6.07, 6.45) is 1.56. The molecule has 0 saturated carbocycles. The number of aromatic nitrogens is 3. The SMILES string of the molecule is Cc1oc(-c2ccccc2)nc1Cn1cnc2ccccc2c1=O. The number of hydrogen-bond donors (Lipinski definition) is 0. The number of oxazole rings is 1. The molecule has 24 heavy (non-hydrogen) atoms. The van der Waals surface area contributed by atoms with Crippen LogP contribution in [0.15, 0.2) is 70.1 Å². The summed E-state index contributed by atoms with van der Waals surface area (Å²) in [7, 11) is 0. The molecule has 5 nitrogen and oxygen atoms in total. The Morgan fingerprint density at radius 1 is 1.04 bits per heavy atom. The van der Waals surface area contributed by atoms with E-state index in [2.05, 4.69) is 9.97 Å². The molecule has 0 aliphatic rings. The predicted molar refractivity (Wildman–Crippen MR) is 91.8 cm³/mol. The van der Waals surface area contributed by atoms with Crippen LogP contribution in [0.4, 0.5) is 0 Å². The Bertz CT molecular complexity index is 1060. The first-order chi connectivity index (χ1) is 11.7. The first-order valence-electron chi connectivity index (χ1n) is 7.68. The van der Waals surface area contributed by atoms with Crippen LogP contribution in [-0.2, 0) is 6.54 Å². The van der Waals surface area contributed by atoms with Crippen molar-refractivity contribution in [3.63, 3.8) is 0 Å². The third kappa shape index (κ3) is 2.50. The number of para-hydroxylation sites is 1. The smallest absolute Gasteiger partial charge is 0.261 e. The number of nitrogens with zero attached hydrogens (tertiary/aromatic N) is 3. The Kier molecular flexibility index (Phi) is 3.46. The van der Waals surface area contributed by atoms with Crippen molar-refractivity contribution in [1.82, 2.24) is 14.5 Å². The van der Waals surface area contributed by atoms with Crippen LogP contribution < -0.4 is 5.56 Å². The first-order valence-corrected chi connectivity index (χ1v) is 7.68. The quantitative estimate of drug-likeness (QED) is 0.581. The predicted octanol–water partition coefficient (Wildman–Crippen LogP) is 3.41. The molecule has 0 spiro atoms. The van der Waals surface area contributed by atoms with Crippen LogP contribution in [0, 0.1) is 6.92 Å². The zero-order chi connectivity index (χ0) is 16.5. The van der Waals surface area contributed by atoms with Crippen LogP contribution in [0.1, 0.15) is 11.5 Å². The van der Waals surface area contributed by atoms with Gasteiger partial charge in [-0.25, -0.2) is 9.97 Å². The molecule has 0 bridgehead atoms. The summed E-state index contributed by atoms with van der Waals surface area (Å²) in [6.45, 7) is 2.19. The van der Waals surface area contributed by atoms with Crippen LogP contribution in [0.2, 0.25) is 0 Å². The molecule has 2 aromatic carbocycles. The highest BCUT2D eigenvalue weighted by atomic mass is 16.4. The van der Waals surface area contributed by atoms with E-state index in [-0.39, 0.29) is 5.56 Å². The standard InChI is InChI=1S/C19H15N3O2/c1-13-17(21-18(24-13)14-7-3-2-4-8-14)11-22-12-20-16-10-6-5-9-15(16)19(22)23/h2-10,12H,11H2,1H3. The molecule has 0 aliphatic carbocycles. The van der Waals surface area contributed by atoms with Gasteiger partial charge in [0, 0.05) is 5.56 Å². The number of fused-ring (bicyclic) bond motifs is 1. The molecular formula is C19H15N3O2. The zero-order valence-corrected chi connectivity index (χ0v) is 13.1. The molecule has 0 N–H and O–H groups in total. The Morgan fingerprint density at radius 3 is 2.62 bits per heavy atom. The van der Waals surface area contributed by atoms with Crippen molar-refractivity contribution in [3.05, 3.63) is 82.7 Å². The summed E-state index contributed by atoms with van der Waals surface area (Å²) in [6, 6.07) is 17.0. The summed E-state index contributed by atoms with van der Waals surface area (Å²) in [5.74, 6) is 1.26. The number of hydrogen-bond acceptors (Lipinski definition) is 4. The molecule has 118 valence electrons. The fourth-order valence-electron chi connectivity index (χ4n) is 2.66. The van der Waals surface area contributed by atoms with Gasteiger partial charge in [-0.3, -0.25) is 9.36 Å². The third-order valence-electron chi connectivity index (χ3n) is 3.97. The summed E-state index contributed by atoms with van der Waals surface area (Å²) >= 11 is 0. The topological polar surface area (TPSA) is 60.9 Å². The van der Waals surface area contributed by atoms with Gasteiger partial charge >= 0.3 is 0 Å². The summed E-state index contributed by atoms with van der Waals surface area (Å²) in [5, 5.41) is 0.601. The van der Waals surface area contributed by atoms with Crippen molar-refractivity contribution in [2.24, 2.45) is 0 Å². The van der Waals surface area contributed by atoms with E-state index in [1.807, 2.05) is 55.5 Å². The van der Waals surface area contributed by atoms with Gasteiger partial charge in [-0.2, -0.15) is 0 Å². The van der Waals surface area contributed by atoms with Gasteiger partial charge in [0.05, 0.1) is 23.8 Å². The maximum atomic E-state index is 12.6. The van der Waals surface area contributed by atoms with E-state index in [0.717, 1.165) is 11.3 Å². The fraction of sp³-hybridized carbons (Fsp3) is 0.105. The Labute approximate surface area is 138 Å². The van der Waals surface area contributed by atoms with E-state index >= 15 is 0 Å². The van der Waals surface area contributed by atoms with Gasteiger partial charge in [-0.15, -0.1) is 0 Å². The second-order valence-corrected chi connectivity index (χ2v) is 5.58. The number of benzene rings is 2. The van der Waals surface area contributed by atoms with E-state index in [4.69, 9.17) is 4.42 Å². The zero-order valence-electron chi connectivity index (χ0n) is 13.1. The molecule has 0 fully saturated rings. The maximum absolute atomic E-state index is 12.6. The Morgan fingerprint density at radius 2 is 1.79 bits per heavy atom. The van der Waals surface area contributed by atoms with Crippen LogP contribution in [0.5, 0.6) is 0 Å². The molecular weight excluding hydrogens is 302 g/mol. The van der Waals surface area contributed by atoms with Crippen LogP contribution in [0.25, 0.3) is 22.4 Å². The minimum atomic E-state index is -0.0794. The second-order valence-electron chi connectivity index (χ2n) is 5.58. The monoisotopic (exact) mass is 317 g/mol. The average Bonchev–Trinajstić information content (AvgIpc) is 2.99. The molecule has 2 aromatic heterocycles. The van der Waals surface area contributed by atoms with Crippen LogP contribution in [0.3, 0.4) is 0 Å². The van der Waals surface area contributed by atoms with Gasteiger partial charge < -0.3 is 4.42 Å². The second kappa shape index (κ2) is 5.77.